The summed E-state index contributed by atoms with van der Waals surface area (Å²) < 4.78 is 0. The van der Waals surface area contributed by atoms with E-state index < -0.39 is 0 Å². The Kier molecular flexibility index (Phi) is 5.05. The molecule has 0 bridgehead atoms. The molecule has 2 N–H and O–H groups in total. The molecule has 0 aromatic carbocycles. The van der Waals surface area contributed by atoms with Crippen LogP contribution in [0.3, 0.4) is 0 Å². The molecule has 2 atom stereocenters. The standard InChI is InChI=1S/C15H19N3OS/c1-11-9-18(10-12(2)20-11)15(19)14-13(5-3-7-16)6-4-8-17-14/h4,6,8,11-12H,7,9-10,16H2,1-2H3. The Morgan fingerprint density at radius 3 is 2.85 bits per heavy atom. The van der Waals surface area contributed by atoms with Crippen LogP contribution in [0.5, 0.6) is 0 Å². The zero-order valence-electron chi connectivity index (χ0n) is 11.8. The number of aromatic nitrogens is 1. The van der Waals surface area contributed by atoms with Crippen LogP contribution in [0.25, 0.3) is 0 Å². The van der Waals surface area contributed by atoms with E-state index in [2.05, 4.69) is 30.7 Å². The summed E-state index contributed by atoms with van der Waals surface area (Å²) in [6.45, 7) is 6.08. The maximum absolute atomic E-state index is 12.6. The number of rotatable bonds is 1. The average Bonchev–Trinajstić information content (AvgIpc) is 2.43. The quantitative estimate of drug-likeness (QED) is 0.793. The van der Waals surface area contributed by atoms with Gasteiger partial charge in [0.25, 0.3) is 5.91 Å². The number of nitrogens with zero attached hydrogens (tertiary/aromatic N) is 2. The van der Waals surface area contributed by atoms with Gasteiger partial charge in [0, 0.05) is 29.8 Å². The molecule has 1 aliphatic heterocycles. The predicted molar refractivity (Wildman–Crippen MR) is 82.6 cm³/mol. The highest BCUT2D eigenvalue weighted by atomic mass is 32.2. The molecule has 0 spiro atoms. The molecular formula is C15H19N3OS. The van der Waals surface area contributed by atoms with Crippen molar-refractivity contribution in [3.05, 3.63) is 29.6 Å². The highest BCUT2D eigenvalue weighted by molar-refractivity contribution is 8.00. The van der Waals surface area contributed by atoms with Gasteiger partial charge in [-0.15, -0.1) is 0 Å². The van der Waals surface area contributed by atoms with Crippen LogP contribution in [-0.2, 0) is 0 Å². The minimum atomic E-state index is -0.0362. The van der Waals surface area contributed by atoms with Crippen LogP contribution in [0, 0.1) is 11.8 Å². The third-order valence-corrected chi connectivity index (χ3v) is 4.27. The maximum atomic E-state index is 12.6. The van der Waals surface area contributed by atoms with Crippen LogP contribution in [0.2, 0.25) is 0 Å². The molecule has 5 heteroatoms. The van der Waals surface area contributed by atoms with E-state index in [0.29, 0.717) is 21.8 Å². The second-order valence-corrected chi connectivity index (χ2v) is 6.75. The first kappa shape index (κ1) is 14.9. The summed E-state index contributed by atoms with van der Waals surface area (Å²) in [7, 11) is 0. The molecule has 20 heavy (non-hydrogen) atoms. The van der Waals surface area contributed by atoms with Gasteiger partial charge in [0.05, 0.1) is 12.1 Å². The maximum Gasteiger partial charge on any atom is 0.273 e. The molecule has 1 aliphatic rings. The van der Waals surface area contributed by atoms with Crippen LogP contribution in [0.1, 0.15) is 29.9 Å². The van der Waals surface area contributed by atoms with Crippen LogP contribution < -0.4 is 5.73 Å². The van der Waals surface area contributed by atoms with Gasteiger partial charge in [0.15, 0.2) is 0 Å². The number of pyridine rings is 1. The Morgan fingerprint density at radius 2 is 2.20 bits per heavy atom. The molecule has 1 aromatic rings. The highest BCUT2D eigenvalue weighted by Gasteiger charge is 2.28. The smallest absolute Gasteiger partial charge is 0.273 e. The predicted octanol–water partition coefficient (Wildman–Crippen LogP) is 1.36. The SMILES string of the molecule is CC1CN(C(=O)c2ncccc2C#CCN)CC(C)S1. The monoisotopic (exact) mass is 289 g/mol. The molecular weight excluding hydrogens is 270 g/mol. The number of amides is 1. The first-order valence-corrected chi connectivity index (χ1v) is 7.64. The first-order chi connectivity index (χ1) is 9.61. The number of hydrogen-bond donors (Lipinski definition) is 1. The summed E-state index contributed by atoms with van der Waals surface area (Å²) in [5.41, 5.74) is 6.47. The highest BCUT2D eigenvalue weighted by Crippen LogP contribution is 2.25. The number of carbonyl (C=O) groups excluding carboxylic acids is 1. The van der Waals surface area contributed by atoms with Gasteiger partial charge in [-0.2, -0.15) is 11.8 Å². The van der Waals surface area contributed by atoms with Gasteiger partial charge in [0.2, 0.25) is 0 Å². The summed E-state index contributed by atoms with van der Waals surface area (Å²) in [5, 5.41) is 0.898. The molecule has 2 heterocycles. The lowest BCUT2D eigenvalue weighted by Crippen LogP contribution is -2.44. The molecule has 0 saturated carbocycles. The Balaban J connectivity index is 2.24. The summed E-state index contributed by atoms with van der Waals surface area (Å²) >= 11 is 1.92. The molecule has 2 rings (SSSR count). The van der Waals surface area contributed by atoms with Crippen molar-refractivity contribution in [2.45, 2.75) is 24.3 Å². The number of carbonyl (C=O) groups is 1. The minimum Gasteiger partial charge on any atom is -0.335 e. The normalized spacial score (nSPS) is 22.1. The van der Waals surface area contributed by atoms with Crippen molar-refractivity contribution >= 4 is 17.7 Å². The minimum absolute atomic E-state index is 0.0362. The van der Waals surface area contributed by atoms with E-state index >= 15 is 0 Å². The molecule has 0 radical (unpaired) electrons. The van der Waals surface area contributed by atoms with E-state index in [0.717, 1.165) is 13.1 Å². The van der Waals surface area contributed by atoms with Gasteiger partial charge >= 0.3 is 0 Å². The summed E-state index contributed by atoms with van der Waals surface area (Å²) in [4.78, 5) is 18.7. The van der Waals surface area contributed by atoms with Crippen LogP contribution in [0.4, 0.5) is 0 Å². The molecule has 1 aromatic heterocycles. The molecule has 1 amide bonds. The van der Waals surface area contributed by atoms with Gasteiger partial charge in [-0.05, 0) is 12.1 Å². The Morgan fingerprint density at radius 1 is 1.50 bits per heavy atom. The molecule has 1 fully saturated rings. The lowest BCUT2D eigenvalue weighted by Gasteiger charge is -2.34. The molecule has 106 valence electrons. The van der Waals surface area contributed by atoms with Crippen molar-refractivity contribution < 1.29 is 4.79 Å². The lowest BCUT2D eigenvalue weighted by molar-refractivity contribution is 0.0747. The molecule has 2 unspecified atom stereocenters. The molecule has 0 aliphatic carbocycles. The van der Waals surface area contributed by atoms with E-state index in [9.17, 15) is 4.79 Å². The number of nitrogens with two attached hydrogens (primary N) is 1. The van der Waals surface area contributed by atoms with Crippen molar-refractivity contribution in [1.82, 2.24) is 9.88 Å². The molecule has 4 nitrogen and oxygen atoms in total. The van der Waals surface area contributed by atoms with Crippen LogP contribution in [0.15, 0.2) is 18.3 Å². The number of hydrogen-bond acceptors (Lipinski definition) is 4. The van der Waals surface area contributed by atoms with Gasteiger partial charge < -0.3 is 10.6 Å². The zero-order valence-corrected chi connectivity index (χ0v) is 12.6. The summed E-state index contributed by atoms with van der Waals surface area (Å²) in [6, 6.07) is 3.60. The third kappa shape index (κ3) is 3.53. The average molecular weight is 289 g/mol. The van der Waals surface area contributed by atoms with E-state index in [4.69, 9.17) is 5.73 Å². The topological polar surface area (TPSA) is 59.2 Å². The Hall–Kier alpha value is -1.51. The van der Waals surface area contributed by atoms with Crippen molar-refractivity contribution in [3.63, 3.8) is 0 Å². The Labute approximate surface area is 124 Å². The fraction of sp³-hybridized carbons (Fsp3) is 0.467. The van der Waals surface area contributed by atoms with Crippen LogP contribution in [-0.4, -0.2) is 45.9 Å². The van der Waals surface area contributed by atoms with Gasteiger partial charge in [-0.3, -0.25) is 4.79 Å². The second kappa shape index (κ2) is 6.78. The Bertz CT molecular complexity index is 540. The van der Waals surface area contributed by atoms with Crippen molar-refractivity contribution in [1.29, 1.82) is 0 Å². The van der Waals surface area contributed by atoms with E-state index in [1.165, 1.54) is 0 Å². The zero-order chi connectivity index (χ0) is 14.5. The van der Waals surface area contributed by atoms with E-state index in [1.54, 1.807) is 12.3 Å². The van der Waals surface area contributed by atoms with E-state index in [-0.39, 0.29) is 12.5 Å². The summed E-state index contributed by atoms with van der Waals surface area (Å²) in [6.07, 6.45) is 1.63. The molecule has 1 saturated heterocycles. The first-order valence-electron chi connectivity index (χ1n) is 6.70. The van der Waals surface area contributed by atoms with E-state index in [1.807, 2.05) is 22.7 Å². The third-order valence-electron chi connectivity index (χ3n) is 3.04. The number of thioether (sulfide) groups is 1. The van der Waals surface area contributed by atoms with Gasteiger partial charge in [0.1, 0.15) is 5.69 Å². The fourth-order valence-electron chi connectivity index (χ4n) is 2.32. The van der Waals surface area contributed by atoms with Gasteiger partial charge in [-0.25, -0.2) is 4.98 Å². The van der Waals surface area contributed by atoms with Crippen LogP contribution >= 0.6 is 11.8 Å². The second-order valence-electron chi connectivity index (χ2n) is 4.87. The van der Waals surface area contributed by atoms with Crippen molar-refractivity contribution in [3.8, 4) is 11.8 Å². The lowest BCUT2D eigenvalue weighted by atomic mass is 10.1. The summed E-state index contributed by atoms with van der Waals surface area (Å²) in [5.74, 6) is 5.67. The fourth-order valence-corrected chi connectivity index (χ4v) is 3.64. The van der Waals surface area contributed by atoms with Gasteiger partial charge in [-0.1, -0.05) is 25.7 Å². The largest absolute Gasteiger partial charge is 0.335 e. The van der Waals surface area contributed by atoms with Crippen molar-refractivity contribution in [2.24, 2.45) is 5.73 Å². The van der Waals surface area contributed by atoms with Crippen molar-refractivity contribution in [2.75, 3.05) is 19.6 Å².